The van der Waals surface area contributed by atoms with Gasteiger partial charge in [0, 0.05) is 38.6 Å². The van der Waals surface area contributed by atoms with Gasteiger partial charge in [-0.15, -0.1) is 0 Å². The van der Waals surface area contributed by atoms with Crippen LogP contribution in [0.1, 0.15) is 44.9 Å². The van der Waals surface area contributed by atoms with Gasteiger partial charge in [-0.1, -0.05) is 19.3 Å². The van der Waals surface area contributed by atoms with E-state index in [1.807, 2.05) is 18.5 Å². The molecule has 2 saturated heterocycles. The van der Waals surface area contributed by atoms with E-state index in [4.69, 9.17) is 4.74 Å². The Labute approximate surface area is 145 Å². The van der Waals surface area contributed by atoms with Crippen LogP contribution in [-0.2, 0) is 4.74 Å². The predicted molar refractivity (Wildman–Crippen MR) is 95.2 cm³/mol. The molecule has 0 radical (unpaired) electrons. The highest BCUT2D eigenvalue weighted by Crippen LogP contribution is 2.32. The van der Waals surface area contributed by atoms with Crippen molar-refractivity contribution in [2.75, 3.05) is 44.2 Å². The smallest absolute Gasteiger partial charge is 0.225 e. The number of hydrogen-bond donors (Lipinski definition) is 0. The van der Waals surface area contributed by atoms with Crippen LogP contribution in [-0.4, -0.2) is 59.8 Å². The van der Waals surface area contributed by atoms with E-state index in [1.165, 1.54) is 51.7 Å². The van der Waals surface area contributed by atoms with Gasteiger partial charge in [0.25, 0.3) is 0 Å². The molecule has 2 aliphatic heterocycles. The summed E-state index contributed by atoms with van der Waals surface area (Å²) in [7, 11) is 0. The minimum atomic E-state index is 0.0144. The summed E-state index contributed by atoms with van der Waals surface area (Å²) in [6.07, 6.45) is 13.2. The molecule has 132 valence electrons. The number of rotatable bonds is 3. The van der Waals surface area contributed by atoms with Crippen molar-refractivity contribution in [3.63, 3.8) is 0 Å². The van der Waals surface area contributed by atoms with Crippen LogP contribution in [0.25, 0.3) is 0 Å². The van der Waals surface area contributed by atoms with E-state index in [0.29, 0.717) is 0 Å². The second kappa shape index (κ2) is 7.36. The topological polar surface area (TPSA) is 41.5 Å². The van der Waals surface area contributed by atoms with Gasteiger partial charge in [-0.05, 0) is 37.7 Å². The number of morpholine rings is 1. The van der Waals surface area contributed by atoms with Crippen molar-refractivity contribution < 1.29 is 4.74 Å². The predicted octanol–water partition coefficient (Wildman–Crippen LogP) is 2.73. The Morgan fingerprint density at radius 3 is 2.54 bits per heavy atom. The first-order valence-corrected chi connectivity index (χ1v) is 9.71. The molecule has 24 heavy (non-hydrogen) atoms. The fraction of sp³-hybridized carbons (Fsp3) is 0.789. The molecule has 0 N–H and O–H groups in total. The first kappa shape index (κ1) is 16.3. The van der Waals surface area contributed by atoms with Crippen molar-refractivity contribution in [1.29, 1.82) is 0 Å². The van der Waals surface area contributed by atoms with Crippen LogP contribution in [0.3, 0.4) is 0 Å². The summed E-state index contributed by atoms with van der Waals surface area (Å²) in [5.74, 6) is 1.79. The van der Waals surface area contributed by atoms with E-state index in [2.05, 4.69) is 19.8 Å². The largest absolute Gasteiger partial charge is 0.371 e. The molecule has 4 rings (SSSR count). The van der Waals surface area contributed by atoms with Crippen molar-refractivity contribution in [3.05, 3.63) is 18.5 Å². The molecule has 1 aromatic rings. The van der Waals surface area contributed by atoms with Crippen molar-refractivity contribution in [3.8, 4) is 0 Å². The molecule has 3 heterocycles. The minimum Gasteiger partial charge on any atom is -0.371 e. The number of ether oxygens (including phenoxy) is 1. The third kappa shape index (κ3) is 3.72. The fourth-order valence-corrected chi connectivity index (χ4v) is 4.65. The van der Waals surface area contributed by atoms with Crippen LogP contribution in [0.15, 0.2) is 18.5 Å². The van der Waals surface area contributed by atoms with Crippen molar-refractivity contribution >= 4 is 5.95 Å². The summed E-state index contributed by atoms with van der Waals surface area (Å²) in [5.41, 5.74) is 0.0144. The Kier molecular flexibility index (Phi) is 4.99. The van der Waals surface area contributed by atoms with Crippen molar-refractivity contribution in [1.82, 2.24) is 14.9 Å². The Morgan fingerprint density at radius 2 is 1.79 bits per heavy atom. The molecule has 5 nitrogen and oxygen atoms in total. The zero-order chi connectivity index (χ0) is 16.2. The van der Waals surface area contributed by atoms with Crippen LogP contribution >= 0.6 is 0 Å². The SMILES string of the molecule is c1cnc(N2CCOC3(CCN(CC4CCCCC4)CC3)C2)nc1. The highest BCUT2D eigenvalue weighted by atomic mass is 16.5. The van der Waals surface area contributed by atoms with Gasteiger partial charge < -0.3 is 14.5 Å². The maximum atomic E-state index is 6.27. The first-order chi connectivity index (χ1) is 11.8. The fourth-order valence-electron chi connectivity index (χ4n) is 4.65. The Bertz CT molecular complexity index is 509. The third-order valence-corrected chi connectivity index (χ3v) is 6.09. The van der Waals surface area contributed by atoms with E-state index < -0.39 is 0 Å². The molecule has 0 amide bonds. The van der Waals surface area contributed by atoms with Gasteiger partial charge >= 0.3 is 0 Å². The lowest BCUT2D eigenvalue weighted by Gasteiger charge is -2.47. The average Bonchev–Trinajstić information content (AvgIpc) is 2.66. The number of anilines is 1. The molecule has 1 saturated carbocycles. The van der Waals surface area contributed by atoms with Crippen LogP contribution < -0.4 is 4.90 Å². The number of nitrogens with zero attached hydrogens (tertiary/aromatic N) is 4. The Morgan fingerprint density at radius 1 is 1.04 bits per heavy atom. The normalized spacial score (nSPS) is 25.9. The molecular weight excluding hydrogens is 300 g/mol. The van der Waals surface area contributed by atoms with Gasteiger partial charge in [-0.2, -0.15) is 0 Å². The second-order valence-electron chi connectivity index (χ2n) is 7.81. The Hall–Kier alpha value is -1.20. The maximum absolute atomic E-state index is 6.27. The molecular formula is C19H30N4O. The van der Waals surface area contributed by atoms with Crippen molar-refractivity contribution in [2.24, 2.45) is 5.92 Å². The van der Waals surface area contributed by atoms with Crippen molar-refractivity contribution in [2.45, 2.75) is 50.5 Å². The average molecular weight is 330 g/mol. The van der Waals surface area contributed by atoms with E-state index in [0.717, 1.165) is 44.4 Å². The zero-order valence-electron chi connectivity index (χ0n) is 14.7. The number of hydrogen-bond acceptors (Lipinski definition) is 5. The van der Waals surface area contributed by atoms with E-state index >= 15 is 0 Å². The molecule has 3 fully saturated rings. The summed E-state index contributed by atoms with van der Waals surface area (Å²) >= 11 is 0. The van der Waals surface area contributed by atoms with E-state index in [-0.39, 0.29) is 5.60 Å². The quantitative estimate of drug-likeness (QED) is 0.852. The molecule has 1 aromatic heterocycles. The molecule has 1 aliphatic carbocycles. The minimum absolute atomic E-state index is 0.0144. The van der Waals surface area contributed by atoms with Crippen LogP contribution in [0.5, 0.6) is 0 Å². The van der Waals surface area contributed by atoms with E-state index in [1.54, 1.807) is 0 Å². The number of likely N-dealkylation sites (tertiary alicyclic amines) is 1. The summed E-state index contributed by atoms with van der Waals surface area (Å²) in [6, 6.07) is 1.88. The third-order valence-electron chi connectivity index (χ3n) is 6.09. The molecule has 0 unspecified atom stereocenters. The summed E-state index contributed by atoms with van der Waals surface area (Å²) in [4.78, 5) is 13.8. The molecule has 0 aromatic carbocycles. The summed E-state index contributed by atoms with van der Waals surface area (Å²) in [6.45, 7) is 6.30. The molecule has 0 bridgehead atoms. The maximum Gasteiger partial charge on any atom is 0.225 e. The lowest BCUT2D eigenvalue weighted by Crippen LogP contribution is -2.57. The first-order valence-electron chi connectivity index (χ1n) is 9.71. The van der Waals surface area contributed by atoms with Gasteiger partial charge in [0.05, 0.1) is 18.8 Å². The van der Waals surface area contributed by atoms with Crippen LogP contribution in [0.4, 0.5) is 5.95 Å². The van der Waals surface area contributed by atoms with Gasteiger partial charge in [0.15, 0.2) is 0 Å². The lowest BCUT2D eigenvalue weighted by molar-refractivity contribution is -0.0930. The summed E-state index contributed by atoms with van der Waals surface area (Å²) < 4.78 is 6.27. The summed E-state index contributed by atoms with van der Waals surface area (Å²) in [5, 5.41) is 0. The lowest BCUT2D eigenvalue weighted by atomic mass is 9.86. The second-order valence-corrected chi connectivity index (χ2v) is 7.81. The molecule has 1 spiro atoms. The monoisotopic (exact) mass is 330 g/mol. The number of aromatic nitrogens is 2. The molecule has 5 heteroatoms. The zero-order valence-corrected chi connectivity index (χ0v) is 14.7. The van der Waals surface area contributed by atoms with Gasteiger partial charge in [0.1, 0.15) is 0 Å². The molecule has 3 aliphatic rings. The highest BCUT2D eigenvalue weighted by Gasteiger charge is 2.40. The number of piperidine rings is 1. The van der Waals surface area contributed by atoms with Gasteiger partial charge in [0.2, 0.25) is 5.95 Å². The van der Waals surface area contributed by atoms with Crippen LogP contribution in [0.2, 0.25) is 0 Å². The standard InChI is InChI=1S/C19H30N4O/c1-2-5-17(6-3-1)15-22-11-7-19(8-12-22)16-23(13-14-24-19)18-20-9-4-10-21-18/h4,9-10,17H,1-3,5-8,11-16H2. The Balaban J connectivity index is 1.32. The van der Waals surface area contributed by atoms with Crippen LogP contribution in [0, 0.1) is 5.92 Å². The molecule has 0 atom stereocenters. The highest BCUT2D eigenvalue weighted by molar-refractivity contribution is 5.30. The van der Waals surface area contributed by atoms with Gasteiger partial charge in [-0.3, -0.25) is 0 Å². The van der Waals surface area contributed by atoms with E-state index in [9.17, 15) is 0 Å². The van der Waals surface area contributed by atoms with Gasteiger partial charge in [-0.25, -0.2) is 9.97 Å².